The van der Waals surface area contributed by atoms with Crippen molar-refractivity contribution in [3.63, 3.8) is 0 Å². The predicted molar refractivity (Wildman–Crippen MR) is 31.9 cm³/mol. The maximum absolute atomic E-state index is 4.75. The van der Waals surface area contributed by atoms with Gasteiger partial charge in [0, 0.05) is 5.38 Å². The van der Waals surface area contributed by atoms with Crippen molar-refractivity contribution < 1.29 is 0 Å². The molecule has 0 N–H and O–H groups in total. The molecule has 0 aliphatic rings. The van der Waals surface area contributed by atoms with Crippen LogP contribution in [0.5, 0.6) is 0 Å². The highest BCUT2D eigenvalue weighted by molar-refractivity contribution is 7.76. The number of hydrogen-bond donors (Lipinski definition) is 0. The maximum Gasteiger partial charge on any atom is 0.144 e. The average Bonchev–Trinajstić information content (AvgIpc) is 1.86. The van der Waals surface area contributed by atoms with Crippen molar-refractivity contribution in [1.29, 1.82) is 0 Å². The predicted octanol–water partition coefficient (Wildman–Crippen LogP) is 2.34. The van der Waals surface area contributed by atoms with Gasteiger partial charge in [0.05, 0.1) is 5.38 Å². The second kappa shape index (κ2) is 1.82. The molecule has 0 bridgehead atoms. The molecular formula is C3HS3. The molecule has 1 radical (unpaired) electrons. The van der Waals surface area contributed by atoms with Crippen LogP contribution in [0.4, 0.5) is 0 Å². The van der Waals surface area contributed by atoms with Gasteiger partial charge in [0.25, 0.3) is 0 Å². The lowest BCUT2D eigenvalue weighted by Gasteiger charge is -1.47. The molecule has 1 heterocycles. The third-order valence-electron chi connectivity index (χ3n) is 0.346. The summed E-state index contributed by atoms with van der Waals surface area (Å²) in [6.45, 7) is 0. The molecule has 0 spiro atoms. The van der Waals surface area contributed by atoms with Gasteiger partial charge in [-0.25, -0.2) is 0 Å². The van der Waals surface area contributed by atoms with Crippen LogP contribution in [-0.4, -0.2) is 0 Å². The first-order chi connectivity index (χ1) is 2.89. The van der Waals surface area contributed by atoms with Gasteiger partial charge >= 0.3 is 0 Å². The molecule has 0 aliphatic heterocycles. The summed E-state index contributed by atoms with van der Waals surface area (Å²) < 4.78 is 0.954. The van der Waals surface area contributed by atoms with Gasteiger partial charge in [0.2, 0.25) is 0 Å². The standard InChI is InChI=1S/C3HS3/c4-3-5-1-2-6-3/h1H. The van der Waals surface area contributed by atoms with Gasteiger partial charge in [-0.2, -0.15) is 0 Å². The Morgan fingerprint density at radius 1 is 1.83 bits per heavy atom. The summed E-state index contributed by atoms with van der Waals surface area (Å²) in [5.74, 6) is 0. The summed E-state index contributed by atoms with van der Waals surface area (Å²) in [5.41, 5.74) is 0. The largest absolute Gasteiger partial charge is 0.144 e. The molecule has 0 aromatic carbocycles. The molecule has 0 saturated carbocycles. The van der Waals surface area contributed by atoms with Crippen LogP contribution in [0.2, 0.25) is 0 Å². The van der Waals surface area contributed by atoms with E-state index in [1.807, 2.05) is 5.38 Å². The molecule has 1 rings (SSSR count). The fraction of sp³-hybridized carbons (Fsp3) is 0. The third kappa shape index (κ3) is 0.864. The zero-order valence-corrected chi connectivity index (χ0v) is 5.25. The highest BCUT2D eigenvalue weighted by Crippen LogP contribution is 2.05. The molecule has 0 unspecified atom stereocenters. The van der Waals surface area contributed by atoms with Gasteiger partial charge in [-0.05, 0) is 0 Å². The summed E-state index contributed by atoms with van der Waals surface area (Å²) in [7, 11) is 0. The van der Waals surface area contributed by atoms with Crippen LogP contribution < -0.4 is 0 Å². The first-order valence-corrected chi connectivity index (χ1v) is 3.45. The molecule has 31 valence electrons. The Morgan fingerprint density at radius 3 is 2.83 bits per heavy atom. The summed E-state index contributed by atoms with van der Waals surface area (Å²) in [5, 5.41) is 4.75. The first-order valence-electron chi connectivity index (χ1n) is 1.34. The van der Waals surface area contributed by atoms with Crippen molar-refractivity contribution in [2.24, 2.45) is 0 Å². The molecule has 0 atom stereocenters. The number of hydrogen-bond acceptors (Lipinski definition) is 3. The van der Waals surface area contributed by atoms with E-state index in [2.05, 4.69) is 5.38 Å². The lowest BCUT2D eigenvalue weighted by molar-refractivity contribution is 2.33. The monoisotopic (exact) mass is 133 g/mol. The zero-order valence-electron chi connectivity index (χ0n) is 2.80. The van der Waals surface area contributed by atoms with E-state index in [-0.39, 0.29) is 0 Å². The van der Waals surface area contributed by atoms with Crippen molar-refractivity contribution in [2.75, 3.05) is 0 Å². The van der Waals surface area contributed by atoms with Gasteiger partial charge in [-0.3, -0.25) is 0 Å². The SMILES string of the molecule is S=c1s[c]cs1. The van der Waals surface area contributed by atoms with Crippen molar-refractivity contribution >= 4 is 34.9 Å². The Morgan fingerprint density at radius 2 is 2.67 bits per heavy atom. The molecule has 0 amide bonds. The molecular weight excluding hydrogens is 132 g/mol. The minimum Gasteiger partial charge on any atom is -0.121 e. The van der Waals surface area contributed by atoms with Gasteiger partial charge in [-0.1, -0.05) is 12.2 Å². The lowest BCUT2D eigenvalue weighted by Crippen LogP contribution is -1.13. The first kappa shape index (κ1) is 4.43. The van der Waals surface area contributed by atoms with Crippen LogP contribution in [0, 0.1) is 8.52 Å². The fourth-order valence-electron chi connectivity index (χ4n) is 0.168. The highest BCUT2D eigenvalue weighted by atomic mass is 32.2. The van der Waals surface area contributed by atoms with Crippen molar-refractivity contribution in [3.05, 3.63) is 13.9 Å². The van der Waals surface area contributed by atoms with E-state index in [9.17, 15) is 0 Å². The Kier molecular flexibility index (Phi) is 1.34. The molecule has 1 aromatic rings. The molecule has 0 aliphatic carbocycles. The maximum atomic E-state index is 4.75. The Bertz CT molecular complexity index is 144. The summed E-state index contributed by atoms with van der Waals surface area (Å²) in [4.78, 5) is 0. The van der Waals surface area contributed by atoms with E-state index in [1.54, 1.807) is 11.3 Å². The molecule has 1 aromatic heterocycles. The number of rotatable bonds is 0. The van der Waals surface area contributed by atoms with Gasteiger partial charge in [0.15, 0.2) is 0 Å². The molecule has 6 heavy (non-hydrogen) atoms. The van der Waals surface area contributed by atoms with Gasteiger partial charge in [-0.15, -0.1) is 22.7 Å². The minimum absolute atomic E-state index is 0.954. The van der Waals surface area contributed by atoms with Crippen LogP contribution in [0.3, 0.4) is 0 Å². The Labute approximate surface area is 49.1 Å². The van der Waals surface area contributed by atoms with E-state index in [1.165, 1.54) is 11.3 Å². The Hall–Kier alpha value is 0.270. The van der Waals surface area contributed by atoms with Crippen LogP contribution >= 0.6 is 34.9 Å². The molecule has 3 heteroatoms. The topological polar surface area (TPSA) is 0 Å². The molecule has 0 nitrogen and oxygen atoms in total. The summed E-state index contributed by atoms with van der Waals surface area (Å²) >= 11 is 7.79. The van der Waals surface area contributed by atoms with Gasteiger partial charge in [0.1, 0.15) is 3.14 Å². The summed E-state index contributed by atoms with van der Waals surface area (Å²) in [6, 6.07) is 0. The fourth-order valence-corrected chi connectivity index (χ4v) is 1.52. The second-order valence-corrected chi connectivity index (χ2v) is 3.62. The van der Waals surface area contributed by atoms with Crippen LogP contribution in [-0.2, 0) is 0 Å². The van der Waals surface area contributed by atoms with E-state index >= 15 is 0 Å². The molecule has 0 saturated heterocycles. The smallest absolute Gasteiger partial charge is 0.121 e. The van der Waals surface area contributed by atoms with Crippen LogP contribution in [0.15, 0.2) is 5.38 Å². The zero-order chi connectivity index (χ0) is 4.41. The summed E-state index contributed by atoms with van der Waals surface area (Å²) in [6.07, 6.45) is 0. The van der Waals surface area contributed by atoms with Crippen molar-refractivity contribution in [2.45, 2.75) is 0 Å². The lowest BCUT2D eigenvalue weighted by atomic mass is 11.2. The van der Waals surface area contributed by atoms with Crippen LogP contribution in [0.25, 0.3) is 0 Å². The second-order valence-electron chi connectivity index (χ2n) is 0.706. The highest BCUT2D eigenvalue weighted by Gasteiger charge is 1.71. The van der Waals surface area contributed by atoms with Crippen LogP contribution in [0.1, 0.15) is 0 Å². The van der Waals surface area contributed by atoms with E-state index in [4.69, 9.17) is 12.2 Å². The van der Waals surface area contributed by atoms with E-state index in [0.29, 0.717) is 0 Å². The third-order valence-corrected chi connectivity index (χ3v) is 2.40. The van der Waals surface area contributed by atoms with Crippen molar-refractivity contribution in [1.82, 2.24) is 0 Å². The normalized spacial score (nSPS) is 8.67. The molecule has 0 fully saturated rings. The Balaban J connectivity index is 3.41. The average molecular weight is 133 g/mol. The van der Waals surface area contributed by atoms with E-state index in [0.717, 1.165) is 3.14 Å². The van der Waals surface area contributed by atoms with Gasteiger partial charge < -0.3 is 0 Å². The quantitative estimate of drug-likeness (QED) is 0.489. The minimum atomic E-state index is 0.954. The van der Waals surface area contributed by atoms with E-state index < -0.39 is 0 Å². The van der Waals surface area contributed by atoms with Crippen molar-refractivity contribution in [3.8, 4) is 0 Å².